The van der Waals surface area contributed by atoms with E-state index in [0.717, 1.165) is 11.1 Å². The molecule has 6 nitrogen and oxygen atoms in total. The Labute approximate surface area is 150 Å². The summed E-state index contributed by atoms with van der Waals surface area (Å²) in [4.78, 5) is 16.6. The van der Waals surface area contributed by atoms with E-state index in [9.17, 15) is 4.79 Å². The first-order valence-corrected chi connectivity index (χ1v) is 11.4. The second kappa shape index (κ2) is 7.33. The summed E-state index contributed by atoms with van der Waals surface area (Å²) < 4.78 is 12.3. The molecule has 0 radical (unpaired) electrons. The zero-order valence-corrected chi connectivity index (χ0v) is 16.3. The smallest absolute Gasteiger partial charge is 0.359 e. The van der Waals surface area contributed by atoms with Crippen LogP contribution in [0.4, 0.5) is 0 Å². The number of carbonyl (C=O) groups excluding carboxylic acids is 1. The van der Waals surface area contributed by atoms with Gasteiger partial charge in [0.2, 0.25) is 0 Å². The topological polar surface area (TPSA) is 66.2 Å². The van der Waals surface area contributed by atoms with Crippen LogP contribution in [0.3, 0.4) is 0 Å². The molecule has 0 N–H and O–H groups in total. The number of aromatic nitrogens is 3. The van der Waals surface area contributed by atoms with Gasteiger partial charge in [0.05, 0.1) is 19.1 Å². The van der Waals surface area contributed by atoms with Crippen LogP contribution in [-0.4, -0.2) is 58.5 Å². The Morgan fingerprint density at radius 3 is 2.80 bits per heavy atom. The summed E-state index contributed by atoms with van der Waals surface area (Å²) in [5, 5.41) is 5.15. The summed E-state index contributed by atoms with van der Waals surface area (Å²) >= 11 is 0. The molecule has 2 aromatic heterocycles. The van der Waals surface area contributed by atoms with Crippen LogP contribution >= 0.6 is 10.0 Å². The lowest BCUT2D eigenvalue weighted by atomic mass is 10.1. The zero-order valence-electron chi connectivity index (χ0n) is 15.4. The summed E-state index contributed by atoms with van der Waals surface area (Å²) in [6.07, 6.45) is 8.90. The Hall–Kier alpha value is -1.60. The number of methoxy groups -OCH3 is 1. The molecule has 0 amide bonds. The molecule has 138 valence electrons. The first-order chi connectivity index (χ1) is 11.9. The van der Waals surface area contributed by atoms with Crippen molar-refractivity contribution in [3.63, 3.8) is 0 Å². The van der Waals surface area contributed by atoms with Gasteiger partial charge in [-0.05, 0) is 48.7 Å². The first-order valence-electron chi connectivity index (χ1n) is 8.66. The van der Waals surface area contributed by atoms with Gasteiger partial charge in [0.25, 0.3) is 0 Å². The Bertz CT molecular complexity index is 768. The predicted molar refractivity (Wildman–Crippen MR) is 102 cm³/mol. The number of pyridine rings is 1. The van der Waals surface area contributed by atoms with Crippen molar-refractivity contribution in [3.8, 4) is 0 Å². The Kier molecular flexibility index (Phi) is 5.34. The normalized spacial score (nSPS) is 15.5. The average Bonchev–Trinajstić information content (AvgIpc) is 3.40. The summed E-state index contributed by atoms with van der Waals surface area (Å²) in [6.45, 7) is 3.20. The van der Waals surface area contributed by atoms with Crippen molar-refractivity contribution in [2.24, 2.45) is 0 Å². The van der Waals surface area contributed by atoms with Crippen molar-refractivity contribution in [1.29, 1.82) is 0 Å². The highest BCUT2D eigenvalue weighted by molar-refractivity contribution is 8.32. The van der Waals surface area contributed by atoms with Gasteiger partial charge in [-0.1, -0.05) is 6.92 Å². The third-order valence-electron chi connectivity index (χ3n) is 4.81. The molecule has 1 aliphatic rings. The van der Waals surface area contributed by atoms with E-state index in [1.54, 1.807) is 4.68 Å². The number of rotatable bonds is 8. The maximum Gasteiger partial charge on any atom is 0.359 e. The van der Waals surface area contributed by atoms with Crippen molar-refractivity contribution >= 4 is 27.0 Å². The second-order valence-electron chi connectivity index (χ2n) is 7.05. The molecule has 3 rings (SSSR count). The zero-order chi connectivity index (χ0) is 18.0. The molecule has 1 fully saturated rings. The summed E-state index contributed by atoms with van der Waals surface area (Å²) in [7, 11) is 0.791. The first kappa shape index (κ1) is 18.2. The van der Waals surface area contributed by atoms with Crippen LogP contribution < -0.4 is 0 Å². The SMILES string of the molecule is CCS(C)(C)CCOCn1nc(C(=O)OC)c2cc(C3CC3)cnc21. The van der Waals surface area contributed by atoms with Gasteiger partial charge in [0, 0.05) is 11.9 Å². The van der Waals surface area contributed by atoms with Gasteiger partial charge in [0.1, 0.15) is 6.73 Å². The van der Waals surface area contributed by atoms with Gasteiger partial charge in [-0.3, -0.25) is 0 Å². The van der Waals surface area contributed by atoms with E-state index >= 15 is 0 Å². The Balaban J connectivity index is 1.79. The predicted octanol–water partition coefficient (Wildman–Crippen LogP) is 3.15. The van der Waals surface area contributed by atoms with Crippen molar-refractivity contribution in [2.45, 2.75) is 32.4 Å². The lowest BCUT2D eigenvalue weighted by Gasteiger charge is -2.29. The lowest BCUT2D eigenvalue weighted by molar-refractivity contribution is 0.0586. The van der Waals surface area contributed by atoms with E-state index in [1.807, 2.05) is 12.3 Å². The lowest BCUT2D eigenvalue weighted by Crippen LogP contribution is -2.13. The highest BCUT2D eigenvalue weighted by Gasteiger charge is 2.26. The van der Waals surface area contributed by atoms with Gasteiger partial charge in [0.15, 0.2) is 11.3 Å². The number of nitrogens with zero attached hydrogens (tertiary/aromatic N) is 3. The van der Waals surface area contributed by atoms with Crippen LogP contribution in [0, 0.1) is 0 Å². The fourth-order valence-corrected chi connectivity index (χ4v) is 3.49. The molecule has 25 heavy (non-hydrogen) atoms. The summed E-state index contributed by atoms with van der Waals surface area (Å²) in [5.41, 5.74) is 2.16. The third-order valence-corrected chi connectivity index (χ3v) is 7.65. The minimum Gasteiger partial charge on any atom is -0.464 e. The number of esters is 1. The minimum absolute atomic E-state index is 0.294. The van der Waals surface area contributed by atoms with Crippen LogP contribution in [0.15, 0.2) is 12.3 Å². The summed E-state index contributed by atoms with van der Waals surface area (Å²) in [6, 6.07) is 2.03. The van der Waals surface area contributed by atoms with Gasteiger partial charge in [-0.25, -0.2) is 24.5 Å². The molecule has 0 unspecified atom stereocenters. The minimum atomic E-state index is -0.581. The molecule has 2 aromatic rings. The number of hydrogen-bond donors (Lipinski definition) is 0. The number of hydrogen-bond acceptors (Lipinski definition) is 5. The third kappa shape index (κ3) is 4.15. The van der Waals surface area contributed by atoms with E-state index in [1.165, 1.54) is 31.3 Å². The van der Waals surface area contributed by atoms with Crippen LogP contribution in [0.2, 0.25) is 0 Å². The monoisotopic (exact) mass is 365 g/mol. The maximum atomic E-state index is 12.1. The van der Waals surface area contributed by atoms with E-state index in [0.29, 0.717) is 30.6 Å². The molecule has 1 saturated carbocycles. The molecular formula is C18H27N3O3S. The quantitative estimate of drug-likeness (QED) is 0.531. The number of carbonyl (C=O) groups is 1. The molecule has 0 aliphatic heterocycles. The fourth-order valence-electron chi connectivity index (χ4n) is 2.63. The largest absolute Gasteiger partial charge is 0.464 e. The molecule has 0 aromatic carbocycles. The van der Waals surface area contributed by atoms with Crippen LogP contribution in [0.25, 0.3) is 11.0 Å². The van der Waals surface area contributed by atoms with Gasteiger partial charge in [-0.2, -0.15) is 5.10 Å². The molecule has 0 spiro atoms. The van der Waals surface area contributed by atoms with Crippen LogP contribution in [0.1, 0.15) is 41.7 Å². The van der Waals surface area contributed by atoms with Crippen molar-refractivity contribution in [2.75, 3.05) is 37.7 Å². The highest BCUT2D eigenvalue weighted by Crippen LogP contribution is 2.41. The van der Waals surface area contributed by atoms with Gasteiger partial charge in [-0.15, -0.1) is 0 Å². The molecule has 0 saturated heterocycles. The van der Waals surface area contributed by atoms with E-state index in [-0.39, 0.29) is 0 Å². The standard InChI is InChI=1S/C18H27N3O3S/c1-5-25(3,4)9-8-24-12-21-17-15(16(20-21)18(22)23-2)10-14(11-19-17)13-6-7-13/h10-11,13H,5-9,12H2,1-4H3. The Morgan fingerprint density at radius 2 is 2.16 bits per heavy atom. The van der Waals surface area contributed by atoms with Crippen molar-refractivity contribution < 1.29 is 14.3 Å². The second-order valence-corrected chi connectivity index (χ2v) is 11.6. The molecular weight excluding hydrogens is 338 g/mol. The fraction of sp³-hybridized carbons (Fsp3) is 0.611. The number of fused-ring (bicyclic) bond motifs is 1. The molecule has 7 heteroatoms. The molecule has 2 heterocycles. The molecule has 0 bridgehead atoms. The number of ether oxygens (including phenoxy) is 2. The van der Waals surface area contributed by atoms with Gasteiger partial charge < -0.3 is 9.47 Å². The van der Waals surface area contributed by atoms with E-state index < -0.39 is 16.0 Å². The van der Waals surface area contributed by atoms with Crippen molar-refractivity contribution in [3.05, 3.63) is 23.5 Å². The molecule has 1 aliphatic carbocycles. The Morgan fingerprint density at radius 1 is 1.40 bits per heavy atom. The average molecular weight is 365 g/mol. The van der Waals surface area contributed by atoms with Crippen molar-refractivity contribution in [1.82, 2.24) is 14.8 Å². The highest BCUT2D eigenvalue weighted by atomic mass is 32.3. The van der Waals surface area contributed by atoms with Crippen LogP contribution in [-0.2, 0) is 16.2 Å². The van der Waals surface area contributed by atoms with Gasteiger partial charge >= 0.3 is 5.97 Å². The molecule has 0 atom stereocenters. The summed E-state index contributed by atoms with van der Waals surface area (Å²) in [5.74, 6) is 2.39. The maximum absolute atomic E-state index is 12.1. The van der Waals surface area contributed by atoms with E-state index in [2.05, 4.69) is 29.5 Å². The van der Waals surface area contributed by atoms with Crippen LogP contribution in [0.5, 0.6) is 0 Å². The van der Waals surface area contributed by atoms with E-state index in [4.69, 9.17) is 9.47 Å².